The number of carbonyl (C=O) groups is 2. The Morgan fingerprint density at radius 1 is 1.14 bits per heavy atom. The molecule has 22 heavy (non-hydrogen) atoms. The predicted molar refractivity (Wildman–Crippen MR) is 80.4 cm³/mol. The number of nitro benzene ring substituents is 1. The van der Waals surface area contributed by atoms with Crippen LogP contribution in [0.2, 0.25) is 5.02 Å². The van der Waals surface area contributed by atoms with Crippen molar-refractivity contribution in [3.05, 3.63) is 68.2 Å². The van der Waals surface area contributed by atoms with E-state index in [0.717, 1.165) is 4.90 Å². The molecule has 110 valence electrons. The van der Waals surface area contributed by atoms with Crippen LogP contribution < -0.4 is 4.90 Å². The molecular weight excluding hydrogens is 308 g/mol. The summed E-state index contributed by atoms with van der Waals surface area (Å²) in [5.74, 6) is -1.11. The molecule has 0 radical (unpaired) electrons. The van der Waals surface area contributed by atoms with Crippen LogP contribution in [0, 0.1) is 17.0 Å². The third-order valence-electron chi connectivity index (χ3n) is 3.51. The Kier molecular flexibility index (Phi) is 3.18. The van der Waals surface area contributed by atoms with E-state index in [0.29, 0.717) is 5.56 Å². The predicted octanol–water partition coefficient (Wildman–Crippen LogP) is 3.36. The number of nitrogens with zero attached hydrogens (tertiary/aromatic N) is 2. The van der Waals surface area contributed by atoms with E-state index in [1.807, 2.05) is 0 Å². The fourth-order valence-electron chi connectivity index (χ4n) is 2.42. The normalized spacial score (nSPS) is 13.5. The molecule has 0 unspecified atom stereocenters. The Labute approximate surface area is 130 Å². The molecule has 0 bridgehead atoms. The maximum atomic E-state index is 12.5. The number of rotatable bonds is 2. The first kappa shape index (κ1) is 14.2. The third kappa shape index (κ3) is 1.96. The first-order valence-electron chi connectivity index (χ1n) is 6.34. The number of nitro groups is 1. The van der Waals surface area contributed by atoms with Crippen molar-refractivity contribution < 1.29 is 14.5 Å². The molecule has 0 aliphatic carbocycles. The van der Waals surface area contributed by atoms with Gasteiger partial charge in [-0.05, 0) is 24.6 Å². The summed E-state index contributed by atoms with van der Waals surface area (Å²) in [6.45, 7) is 1.67. The van der Waals surface area contributed by atoms with Crippen molar-refractivity contribution in [2.75, 3.05) is 4.90 Å². The molecule has 0 aromatic heterocycles. The number of imide groups is 1. The van der Waals surface area contributed by atoms with E-state index < -0.39 is 16.7 Å². The maximum Gasteiger partial charge on any atom is 0.271 e. The fraction of sp³-hybridized carbons (Fsp3) is 0.0667. The van der Waals surface area contributed by atoms with Crippen LogP contribution in [-0.4, -0.2) is 16.7 Å². The number of non-ortho nitro benzene ring substituents is 1. The molecule has 2 amide bonds. The lowest BCUT2D eigenvalue weighted by Gasteiger charge is -2.16. The van der Waals surface area contributed by atoms with Crippen LogP contribution in [0.5, 0.6) is 0 Å². The summed E-state index contributed by atoms with van der Waals surface area (Å²) in [7, 11) is 0. The van der Waals surface area contributed by atoms with Crippen molar-refractivity contribution in [3.63, 3.8) is 0 Å². The molecule has 7 heteroatoms. The standard InChI is InChI=1S/C15H9ClN2O4/c1-8-5-6-9(18(21)22)7-12(8)17-14(19)10-3-2-4-11(16)13(10)15(17)20/h2-7H,1H3. The molecule has 0 fully saturated rings. The van der Waals surface area contributed by atoms with Gasteiger partial charge in [-0.2, -0.15) is 0 Å². The Hall–Kier alpha value is -2.73. The maximum absolute atomic E-state index is 12.5. The second kappa shape index (κ2) is 4.92. The number of fused-ring (bicyclic) bond motifs is 1. The van der Waals surface area contributed by atoms with Gasteiger partial charge in [-0.15, -0.1) is 0 Å². The van der Waals surface area contributed by atoms with E-state index in [1.54, 1.807) is 13.0 Å². The molecule has 1 aliphatic rings. The van der Waals surface area contributed by atoms with Crippen LogP contribution in [-0.2, 0) is 0 Å². The molecule has 1 heterocycles. The Balaban J connectivity index is 2.18. The average Bonchev–Trinajstić information content (AvgIpc) is 2.72. The smallest absolute Gasteiger partial charge is 0.268 e. The van der Waals surface area contributed by atoms with Gasteiger partial charge in [0.05, 0.1) is 26.8 Å². The number of aryl methyl sites for hydroxylation is 1. The molecular formula is C15H9ClN2O4. The molecule has 0 saturated carbocycles. The SMILES string of the molecule is Cc1ccc([N+](=O)[O-])cc1N1C(=O)c2cccc(Cl)c2C1=O. The highest BCUT2D eigenvalue weighted by molar-refractivity contribution is 6.42. The largest absolute Gasteiger partial charge is 0.271 e. The monoisotopic (exact) mass is 316 g/mol. The number of hydrogen-bond donors (Lipinski definition) is 0. The molecule has 0 atom stereocenters. The Bertz CT molecular complexity index is 847. The number of halogens is 1. The number of carbonyl (C=O) groups excluding carboxylic acids is 2. The van der Waals surface area contributed by atoms with Gasteiger partial charge in [-0.25, -0.2) is 4.90 Å². The van der Waals surface area contributed by atoms with Crippen LogP contribution in [0.25, 0.3) is 0 Å². The van der Waals surface area contributed by atoms with E-state index >= 15 is 0 Å². The highest BCUT2D eigenvalue weighted by Gasteiger charge is 2.39. The van der Waals surface area contributed by atoms with Crippen LogP contribution in [0.3, 0.4) is 0 Å². The molecule has 2 aromatic rings. The third-order valence-corrected chi connectivity index (χ3v) is 3.82. The van der Waals surface area contributed by atoms with Crippen LogP contribution in [0.15, 0.2) is 36.4 Å². The summed E-state index contributed by atoms with van der Waals surface area (Å²) in [6.07, 6.45) is 0. The summed E-state index contributed by atoms with van der Waals surface area (Å²) in [4.78, 5) is 36.2. The van der Waals surface area contributed by atoms with Gasteiger partial charge in [-0.1, -0.05) is 23.7 Å². The topological polar surface area (TPSA) is 80.5 Å². The van der Waals surface area contributed by atoms with Crippen molar-refractivity contribution >= 4 is 34.8 Å². The Morgan fingerprint density at radius 3 is 2.50 bits per heavy atom. The van der Waals surface area contributed by atoms with E-state index in [2.05, 4.69) is 0 Å². The van der Waals surface area contributed by atoms with Gasteiger partial charge in [0.25, 0.3) is 17.5 Å². The van der Waals surface area contributed by atoms with Gasteiger partial charge in [-0.3, -0.25) is 19.7 Å². The van der Waals surface area contributed by atoms with Gasteiger partial charge in [0.15, 0.2) is 0 Å². The molecule has 2 aromatic carbocycles. The molecule has 1 aliphatic heterocycles. The first-order chi connectivity index (χ1) is 10.4. The van der Waals surface area contributed by atoms with Crippen molar-refractivity contribution in [3.8, 4) is 0 Å². The zero-order chi connectivity index (χ0) is 16.0. The zero-order valence-corrected chi connectivity index (χ0v) is 12.1. The van der Waals surface area contributed by atoms with Crippen molar-refractivity contribution in [2.24, 2.45) is 0 Å². The highest BCUT2D eigenvalue weighted by atomic mass is 35.5. The number of anilines is 1. The molecule has 3 rings (SSSR count). The van der Waals surface area contributed by atoms with E-state index in [-0.39, 0.29) is 27.5 Å². The zero-order valence-electron chi connectivity index (χ0n) is 11.4. The van der Waals surface area contributed by atoms with Gasteiger partial charge < -0.3 is 0 Å². The second-order valence-electron chi connectivity index (χ2n) is 4.84. The van der Waals surface area contributed by atoms with Gasteiger partial charge >= 0.3 is 0 Å². The summed E-state index contributed by atoms with van der Waals surface area (Å²) in [6, 6.07) is 8.65. The second-order valence-corrected chi connectivity index (χ2v) is 5.24. The van der Waals surface area contributed by atoms with Crippen molar-refractivity contribution in [1.82, 2.24) is 0 Å². The lowest BCUT2D eigenvalue weighted by molar-refractivity contribution is -0.384. The quantitative estimate of drug-likeness (QED) is 0.483. The van der Waals surface area contributed by atoms with E-state index in [9.17, 15) is 19.7 Å². The van der Waals surface area contributed by atoms with E-state index in [4.69, 9.17) is 11.6 Å². The Morgan fingerprint density at radius 2 is 1.86 bits per heavy atom. The molecule has 0 spiro atoms. The lowest BCUT2D eigenvalue weighted by atomic mass is 10.1. The molecule has 6 nitrogen and oxygen atoms in total. The summed E-state index contributed by atoms with van der Waals surface area (Å²) in [5, 5.41) is 11.1. The van der Waals surface area contributed by atoms with Crippen LogP contribution >= 0.6 is 11.6 Å². The molecule has 0 N–H and O–H groups in total. The first-order valence-corrected chi connectivity index (χ1v) is 6.72. The fourth-order valence-corrected chi connectivity index (χ4v) is 2.67. The van der Waals surface area contributed by atoms with Gasteiger partial charge in [0.2, 0.25) is 0 Å². The highest BCUT2D eigenvalue weighted by Crippen LogP contribution is 2.35. The summed E-state index contributed by atoms with van der Waals surface area (Å²) in [5.41, 5.74) is 0.902. The van der Waals surface area contributed by atoms with Gasteiger partial charge in [0, 0.05) is 12.1 Å². The van der Waals surface area contributed by atoms with Crippen molar-refractivity contribution in [1.29, 1.82) is 0 Å². The van der Waals surface area contributed by atoms with Crippen molar-refractivity contribution in [2.45, 2.75) is 6.92 Å². The average molecular weight is 317 g/mol. The molecule has 0 saturated heterocycles. The minimum absolute atomic E-state index is 0.125. The van der Waals surface area contributed by atoms with E-state index in [1.165, 1.54) is 30.3 Å². The summed E-state index contributed by atoms with van der Waals surface area (Å²) < 4.78 is 0. The van der Waals surface area contributed by atoms with Gasteiger partial charge in [0.1, 0.15) is 0 Å². The lowest BCUT2D eigenvalue weighted by Crippen LogP contribution is -2.30. The van der Waals surface area contributed by atoms with Crippen LogP contribution in [0.4, 0.5) is 11.4 Å². The number of amides is 2. The number of hydrogen-bond acceptors (Lipinski definition) is 4. The summed E-state index contributed by atoms with van der Waals surface area (Å²) >= 11 is 6.00. The van der Waals surface area contributed by atoms with Crippen LogP contribution in [0.1, 0.15) is 26.3 Å². The minimum Gasteiger partial charge on any atom is -0.268 e. The minimum atomic E-state index is -0.575. The number of benzene rings is 2.